The van der Waals surface area contributed by atoms with E-state index in [4.69, 9.17) is 5.73 Å². The number of ether oxygens (including phenoxy) is 1. The van der Waals surface area contributed by atoms with Crippen LogP contribution >= 0.6 is 0 Å². The number of benzene rings is 1. The molecule has 0 fully saturated rings. The zero-order chi connectivity index (χ0) is 16.3. The molecule has 120 valence electrons. The molecule has 1 aromatic carbocycles. The van der Waals surface area contributed by atoms with Crippen molar-refractivity contribution in [1.82, 2.24) is 4.72 Å². The number of rotatable bonds is 6. The quantitative estimate of drug-likeness (QED) is 0.475. The average molecular weight is 330 g/mol. The Morgan fingerprint density at radius 2 is 1.95 bits per heavy atom. The maximum absolute atomic E-state index is 13.5. The number of sulfonamides is 1. The molecule has 0 spiro atoms. The van der Waals surface area contributed by atoms with Crippen LogP contribution in [0.3, 0.4) is 0 Å². The maximum Gasteiger partial charge on any atom is 0.389 e. The highest BCUT2D eigenvalue weighted by molar-refractivity contribution is 7.89. The van der Waals surface area contributed by atoms with Crippen molar-refractivity contribution in [2.75, 3.05) is 19.4 Å². The van der Waals surface area contributed by atoms with Gasteiger partial charge in [0, 0.05) is 13.0 Å². The predicted octanol–water partition coefficient (Wildman–Crippen LogP) is 2.04. The van der Waals surface area contributed by atoms with Gasteiger partial charge in [-0.05, 0) is 18.6 Å². The van der Waals surface area contributed by atoms with Crippen LogP contribution in [0.15, 0.2) is 17.0 Å². The van der Waals surface area contributed by atoms with Crippen LogP contribution in [-0.4, -0.2) is 28.2 Å². The number of anilines is 1. The maximum atomic E-state index is 13.5. The SMILES string of the molecule is COc1c(N)cc(S(=O)(=O)NCCCC(F)(F)F)cc1F. The van der Waals surface area contributed by atoms with Crippen molar-refractivity contribution in [2.45, 2.75) is 23.9 Å². The molecule has 0 heterocycles. The van der Waals surface area contributed by atoms with E-state index in [-0.39, 0.29) is 11.4 Å². The van der Waals surface area contributed by atoms with Crippen molar-refractivity contribution >= 4 is 15.7 Å². The fourth-order valence-electron chi connectivity index (χ4n) is 1.54. The van der Waals surface area contributed by atoms with Gasteiger partial charge in [-0.15, -0.1) is 0 Å². The van der Waals surface area contributed by atoms with Crippen LogP contribution in [0.1, 0.15) is 12.8 Å². The largest absolute Gasteiger partial charge is 0.492 e. The van der Waals surface area contributed by atoms with Crippen LogP contribution in [0.2, 0.25) is 0 Å². The van der Waals surface area contributed by atoms with Crippen LogP contribution in [0, 0.1) is 5.82 Å². The Balaban J connectivity index is 2.80. The lowest BCUT2D eigenvalue weighted by molar-refractivity contribution is -0.135. The summed E-state index contributed by atoms with van der Waals surface area (Å²) in [7, 11) is -2.98. The highest BCUT2D eigenvalue weighted by atomic mass is 32.2. The molecular weight excluding hydrogens is 316 g/mol. The molecule has 0 aromatic heterocycles. The number of nitrogen functional groups attached to an aromatic ring is 1. The molecule has 0 radical (unpaired) electrons. The normalized spacial score (nSPS) is 12.4. The van der Waals surface area contributed by atoms with E-state index in [1.807, 2.05) is 4.72 Å². The van der Waals surface area contributed by atoms with E-state index in [0.29, 0.717) is 6.07 Å². The first-order valence-electron chi connectivity index (χ1n) is 5.76. The van der Waals surface area contributed by atoms with E-state index in [1.165, 1.54) is 7.11 Å². The van der Waals surface area contributed by atoms with E-state index < -0.39 is 46.3 Å². The van der Waals surface area contributed by atoms with Gasteiger partial charge in [0.25, 0.3) is 0 Å². The number of hydrogen-bond acceptors (Lipinski definition) is 4. The molecule has 10 heteroatoms. The van der Waals surface area contributed by atoms with Gasteiger partial charge >= 0.3 is 6.18 Å². The van der Waals surface area contributed by atoms with Gasteiger partial charge < -0.3 is 10.5 Å². The van der Waals surface area contributed by atoms with Crippen LogP contribution in [0.5, 0.6) is 5.75 Å². The lowest BCUT2D eigenvalue weighted by Crippen LogP contribution is -2.26. The Morgan fingerprint density at radius 1 is 1.33 bits per heavy atom. The van der Waals surface area contributed by atoms with E-state index in [1.54, 1.807) is 0 Å². The van der Waals surface area contributed by atoms with E-state index >= 15 is 0 Å². The molecule has 0 aliphatic rings. The van der Waals surface area contributed by atoms with Gasteiger partial charge in [0.1, 0.15) is 0 Å². The van der Waals surface area contributed by atoms with Crippen LogP contribution in [0.25, 0.3) is 0 Å². The van der Waals surface area contributed by atoms with Crippen molar-refractivity contribution in [3.8, 4) is 5.75 Å². The molecule has 0 saturated carbocycles. The smallest absolute Gasteiger partial charge is 0.389 e. The van der Waals surface area contributed by atoms with Crippen molar-refractivity contribution in [3.05, 3.63) is 17.9 Å². The number of hydrogen-bond donors (Lipinski definition) is 2. The summed E-state index contributed by atoms with van der Waals surface area (Å²) < 4.78 is 79.5. The second kappa shape index (κ2) is 6.48. The molecule has 0 aliphatic heterocycles. The van der Waals surface area contributed by atoms with Crippen molar-refractivity contribution in [3.63, 3.8) is 0 Å². The summed E-state index contributed by atoms with van der Waals surface area (Å²) in [5.41, 5.74) is 5.21. The average Bonchev–Trinajstić information content (AvgIpc) is 2.33. The first-order chi connectivity index (χ1) is 9.57. The molecule has 0 aliphatic carbocycles. The molecule has 3 N–H and O–H groups in total. The molecule has 5 nitrogen and oxygen atoms in total. The molecule has 0 amide bonds. The zero-order valence-corrected chi connectivity index (χ0v) is 11.8. The Bertz CT molecular complexity index is 579. The molecule has 0 atom stereocenters. The zero-order valence-electron chi connectivity index (χ0n) is 11.0. The topological polar surface area (TPSA) is 81.4 Å². The number of nitrogens with two attached hydrogens (primary N) is 1. The molecule has 0 unspecified atom stereocenters. The van der Waals surface area contributed by atoms with Gasteiger partial charge in [0.2, 0.25) is 10.0 Å². The number of halogens is 4. The Hall–Kier alpha value is -1.55. The summed E-state index contributed by atoms with van der Waals surface area (Å²) in [6.45, 7) is -0.421. The molecule has 1 aromatic rings. The third-order valence-corrected chi connectivity index (χ3v) is 3.93. The fraction of sp³-hybridized carbons (Fsp3) is 0.455. The Labute approximate surface area is 119 Å². The summed E-state index contributed by atoms with van der Waals surface area (Å²) >= 11 is 0. The molecular formula is C11H14F4N2O3S. The first kappa shape index (κ1) is 17.5. The lowest BCUT2D eigenvalue weighted by atomic mass is 10.3. The van der Waals surface area contributed by atoms with Gasteiger partial charge in [-0.25, -0.2) is 17.5 Å². The standard InChI is InChI=1S/C11H14F4N2O3S/c1-20-10-8(12)5-7(6-9(10)16)21(18,19)17-4-2-3-11(13,14)15/h5-6,17H,2-4,16H2,1H3. The summed E-state index contributed by atoms with van der Waals surface area (Å²) in [5, 5.41) is 0. The summed E-state index contributed by atoms with van der Waals surface area (Å²) in [6.07, 6.45) is -5.90. The predicted molar refractivity (Wildman–Crippen MR) is 67.8 cm³/mol. The lowest BCUT2D eigenvalue weighted by Gasteiger charge is -2.11. The Kier molecular flexibility index (Phi) is 5.40. The van der Waals surface area contributed by atoms with Gasteiger partial charge in [-0.3, -0.25) is 0 Å². The van der Waals surface area contributed by atoms with Crippen molar-refractivity contribution in [2.24, 2.45) is 0 Å². The van der Waals surface area contributed by atoms with Crippen LogP contribution in [0.4, 0.5) is 23.2 Å². The number of alkyl halides is 3. The molecule has 1 rings (SSSR count). The fourth-order valence-corrected chi connectivity index (χ4v) is 2.66. The van der Waals surface area contributed by atoms with Crippen LogP contribution in [-0.2, 0) is 10.0 Å². The highest BCUT2D eigenvalue weighted by Crippen LogP contribution is 2.28. The van der Waals surface area contributed by atoms with Crippen LogP contribution < -0.4 is 15.2 Å². The second-order valence-corrected chi connectivity index (χ2v) is 5.91. The number of nitrogens with one attached hydrogen (secondary N) is 1. The Morgan fingerprint density at radius 3 is 2.43 bits per heavy atom. The summed E-state index contributed by atoms with van der Waals surface area (Å²) in [4.78, 5) is -0.481. The van der Waals surface area contributed by atoms with E-state index in [2.05, 4.69) is 4.74 Å². The monoisotopic (exact) mass is 330 g/mol. The third-order valence-electron chi connectivity index (χ3n) is 2.49. The summed E-state index contributed by atoms with van der Waals surface area (Å²) in [6, 6.07) is 1.65. The van der Waals surface area contributed by atoms with Gasteiger partial charge in [-0.1, -0.05) is 0 Å². The minimum atomic E-state index is -4.36. The van der Waals surface area contributed by atoms with Crippen molar-refractivity contribution in [1.29, 1.82) is 0 Å². The molecule has 21 heavy (non-hydrogen) atoms. The number of methoxy groups -OCH3 is 1. The molecule has 0 saturated heterocycles. The van der Waals surface area contributed by atoms with Crippen molar-refractivity contribution < 1.29 is 30.7 Å². The van der Waals surface area contributed by atoms with E-state index in [0.717, 1.165) is 6.07 Å². The van der Waals surface area contributed by atoms with Gasteiger partial charge in [0.15, 0.2) is 11.6 Å². The molecule has 0 bridgehead atoms. The second-order valence-electron chi connectivity index (χ2n) is 4.14. The highest BCUT2D eigenvalue weighted by Gasteiger charge is 2.26. The van der Waals surface area contributed by atoms with Gasteiger partial charge in [-0.2, -0.15) is 13.2 Å². The summed E-state index contributed by atoms with van der Waals surface area (Å²) in [5.74, 6) is -1.28. The first-order valence-corrected chi connectivity index (χ1v) is 7.24. The van der Waals surface area contributed by atoms with Gasteiger partial charge in [0.05, 0.1) is 17.7 Å². The third kappa shape index (κ3) is 5.05. The minimum absolute atomic E-state index is 0.229. The van der Waals surface area contributed by atoms with E-state index in [9.17, 15) is 26.0 Å². The minimum Gasteiger partial charge on any atom is -0.492 e.